The summed E-state index contributed by atoms with van der Waals surface area (Å²) in [6.07, 6.45) is 1.72. The molecule has 0 unspecified atom stereocenters. The Kier molecular flexibility index (Phi) is 5.78. The van der Waals surface area contributed by atoms with E-state index in [1.807, 2.05) is 38.1 Å². The summed E-state index contributed by atoms with van der Waals surface area (Å²) in [7, 11) is 0. The van der Waals surface area contributed by atoms with Crippen LogP contribution >= 0.6 is 0 Å². The number of nitrogens with zero attached hydrogens (tertiary/aromatic N) is 2. The monoisotopic (exact) mass is 380 g/mol. The average molecular weight is 380 g/mol. The van der Waals surface area contributed by atoms with Gasteiger partial charge in [0.25, 0.3) is 5.56 Å². The summed E-state index contributed by atoms with van der Waals surface area (Å²) in [4.78, 5) is 28.5. The molecule has 6 nitrogen and oxygen atoms in total. The molecule has 0 aliphatic rings. The van der Waals surface area contributed by atoms with Gasteiger partial charge in [0.05, 0.1) is 5.69 Å². The van der Waals surface area contributed by atoms with Crippen molar-refractivity contribution in [3.63, 3.8) is 0 Å². The molecule has 0 aliphatic heterocycles. The molecule has 6 heteroatoms. The zero-order valence-corrected chi connectivity index (χ0v) is 16.6. The molecule has 0 fully saturated rings. The number of ether oxygens (including phenoxy) is 2. The van der Waals surface area contributed by atoms with Crippen LogP contribution in [0.25, 0.3) is 5.65 Å². The Morgan fingerprint density at radius 3 is 2.64 bits per heavy atom. The fourth-order valence-electron chi connectivity index (χ4n) is 3.06. The summed E-state index contributed by atoms with van der Waals surface area (Å²) in [5.74, 6) is 0.536. The highest BCUT2D eigenvalue weighted by molar-refractivity contribution is 5.71. The van der Waals surface area contributed by atoms with Crippen molar-refractivity contribution in [2.75, 3.05) is 6.61 Å². The van der Waals surface area contributed by atoms with Crippen molar-refractivity contribution in [1.29, 1.82) is 0 Å². The average Bonchev–Trinajstić information content (AvgIpc) is 2.65. The van der Waals surface area contributed by atoms with Crippen molar-refractivity contribution in [2.45, 2.75) is 40.2 Å². The lowest BCUT2D eigenvalue weighted by Crippen LogP contribution is -2.18. The van der Waals surface area contributed by atoms with E-state index in [4.69, 9.17) is 9.47 Å². The van der Waals surface area contributed by atoms with Crippen molar-refractivity contribution in [3.8, 4) is 5.75 Å². The van der Waals surface area contributed by atoms with Crippen molar-refractivity contribution < 1.29 is 14.3 Å². The van der Waals surface area contributed by atoms with Crippen LogP contribution < -0.4 is 10.3 Å². The molecule has 0 atom stereocenters. The molecular weight excluding hydrogens is 356 g/mol. The van der Waals surface area contributed by atoms with E-state index >= 15 is 0 Å². The zero-order valence-electron chi connectivity index (χ0n) is 16.6. The Morgan fingerprint density at radius 2 is 1.93 bits per heavy atom. The summed E-state index contributed by atoms with van der Waals surface area (Å²) < 4.78 is 12.2. The standard InChI is InChI=1S/C22H24N2O4/c1-14(2)19-7-6-18(9-16(19)4)27-13-22(26)28-12-17-10-21(25)24-11-15(3)5-8-20(24)23-17/h5-11,14H,12-13H2,1-4H3. The summed E-state index contributed by atoms with van der Waals surface area (Å²) in [6.45, 7) is 7.91. The summed E-state index contributed by atoms with van der Waals surface area (Å²) in [5.41, 5.74) is 4.04. The summed E-state index contributed by atoms with van der Waals surface area (Å²) in [5, 5.41) is 0. The van der Waals surface area contributed by atoms with Crippen LogP contribution in [0.1, 0.15) is 42.1 Å². The fraction of sp³-hybridized carbons (Fsp3) is 0.318. The van der Waals surface area contributed by atoms with Crippen molar-refractivity contribution >= 4 is 11.6 Å². The van der Waals surface area contributed by atoms with Gasteiger partial charge in [-0.2, -0.15) is 0 Å². The zero-order chi connectivity index (χ0) is 20.3. The lowest BCUT2D eigenvalue weighted by atomic mass is 9.98. The quantitative estimate of drug-likeness (QED) is 0.612. The molecule has 0 bridgehead atoms. The molecule has 3 rings (SSSR count). The Balaban J connectivity index is 1.59. The molecular formula is C22H24N2O4. The van der Waals surface area contributed by atoms with Crippen LogP contribution in [-0.2, 0) is 16.1 Å². The lowest BCUT2D eigenvalue weighted by Gasteiger charge is -2.12. The molecule has 0 aliphatic carbocycles. The topological polar surface area (TPSA) is 69.9 Å². The predicted octanol–water partition coefficient (Wildman–Crippen LogP) is 3.56. The van der Waals surface area contributed by atoms with E-state index in [9.17, 15) is 9.59 Å². The fourth-order valence-corrected chi connectivity index (χ4v) is 3.06. The first kappa shape index (κ1) is 19.6. The minimum Gasteiger partial charge on any atom is -0.482 e. The highest BCUT2D eigenvalue weighted by Crippen LogP contribution is 2.23. The molecule has 1 aromatic carbocycles. The number of aryl methyl sites for hydroxylation is 2. The Bertz CT molecular complexity index is 1070. The molecule has 146 valence electrons. The maximum Gasteiger partial charge on any atom is 0.344 e. The highest BCUT2D eigenvalue weighted by atomic mass is 16.6. The molecule has 0 saturated heterocycles. The number of carbonyl (C=O) groups excluding carboxylic acids is 1. The molecule has 0 N–H and O–H groups in total. The molecule has 3 aromatic rings. The molecule has 28 heavy (non-hydrogen) atoms. The van der Waals surface area contributed by atoms with Crippen LogP contribution in [-0.4, -0.2) is 22.0 Å². The van der Waals surface area contributed by atoms with Crippen LogP contribution in [0.3, 0.4) is 0 Å². The Morgan fingerprint density at radius 1 is 1.14 bits per heavy atom. The molecule has 0 spiro atoms. The minimum atomic E-state index is -0.517. The number of pyridine rings is 1. The third kappa shape index (κ3) is 4.57. The lowest BCUT2D eigenvalue weighted by molar-refractivity contribution is -0.147. The summed E-state index contributed by atoms with van der Waals surface area (Å²) >= 11 is 0. The van der Waals surface area contributed by atoms with Gasteiger partial charge in [-0.3, -0.25) is 9.20 Å². The first-order valence-corrected chi connectivity index (χ1v) is 9.21. The molecule has 0 saturated carbocycles. The number of rotatable bonds is 6. The van der Waals surface area contributed by atoms with Gasteiger partial charge < -0.3 is 9.47 Å². The molecule has 2 heterocycles. The third-order valence-electron chi connectivity index (χ3n) is 4.46. The smallest absolute Gasteiger partial charge is 0.344 e. The first-order valence-electron chi connectivity index (χ1n) is 9.21. The molecule has 2 aromatic heterocycles. The normalized spacial score (nSPS) is 11.0. The van der Waals surface area contributed by atoms with Gasteiger partial charge in [0.1, 0.15) is 18.0 Å². The highest BCUT2D eigenvalue weighted by Gasteiger charge is 2.09. The van der Waals surface area contributed by atoms with Crippen LogP contribution in [0.15, 0.2) is 47.4 Å². The maximum atomic E-state index is 12.2. The largest absolute Gasteiger partial charge is 0.482 e. The summed E-state index contributed by atoms with van der Waals surface area (Å²) in [6, 6.07) is 10.8. The molecule has 0 amide bonds. The maximum absolute atomic E-state index is 12.2. The second-order valence-corrected chi connectivity index (χ2v) is 7.14. The van der Waals surface area contributed by atoms with E-state index in [1.165, 1.54) is 16.0 Å². The van der Waals surface area contributed by atoms with Crippen LogP contribution in [0.5, 0.6) is 5.75 Å². The third-order valence-corrected chi connectivity index (χ3v) is 4.46. The van der Waals surface area contributed by atoms with E-state index in [0.717, 1.165) is 11.1 Å². The van der Waals surface area contributed by atoms with Crippen molar-refractivity contribution in [1.82, 2.24) is 9.38 Å². The van der Waals surface area contributed by atoms with Crippen molar-refractivity contribution in [3.05, 3.63) is 75.3 Å². The Labute approximate surface area is 163 Å². The number of hydrogen-bond acceptors (Lipinski definition) is 5. The van der Waals surface area contributed by atoms with Gasteiger partial charge >= 0.3 is 5.97 Å². The van der Waals surface area contributed by atoms with E-state index < -0.39 is 5.97 Å². The number of carbonyl (C=O) groups is 1. The van der Waals surface area contributed by atoms with Gasteiger partial charge in [0.2, 0.25) is 0 Å². The number of hydrogen-bond donors (Lipinski definition) is 0. The number of benzene rings is 1. The van der Waals surface area contributed by atoms with Crippen LogP contribution in [0, 0.1) is 13.8 Å². The van der Waals surface area contributed by atoms with E-state index in [-0.39, 0.29) is 18.8 Å². The SMILES string of the molecule is Cc1ccc2nc(COC(=O)COc3ccc(C(C)C)c(C)c3)cc(=O)n2c1. The number of aromatic nitrogens is 2. The number of esters is 1. The van der Waals surface area contributed by atoms with Gasteiger partial charge in [-0.1, -0.05) is 26.0 Å². The second kappa shape index (κ2) is 8.25. The van der Waals surface area contributed by atoms with E-state index in [0.29, 0.717) is 23.0 Å². The predicted molar refractivity (Wildman–Crippen MR) is 107 cm³/mol. The van der Waals surface area contributed by atoms with Gasteiger partial charge in [-0.05, 0) is 54.7 Å². The minimum absolute atomic E-state index is 0.0763. The van der Waals surface area contributed by atoms with E-state index in [2.05, 4.69) is 18.8 Å². The molecule has 0 radical (unpaired) electrons. The van der Waals surface area contributed by atoms with Gasteiger partial charge in [0.15, 0.2) is 6.61 Å². The van der Waals surface area contributed by atoms with E-state index in [1.54, 1.807) is 12.3 Å². The van der Waals surface area contributed by atoms with Crippen LogP contribution in [0.4, 0.5) is 0 Å². The van der Waals surface area contributed by atoms with Gasteiger partial charge in [-0.25, -0.2) is 9.78 Å². The van der Waals surface area contributed by atoms with Crippen LogP contribution in [0.2, 0.25) is 0 Å². The van der Waals surface area contributed by atoms with Gasteiger partial charge in [0, 0.05) is 12.3 Å². The van der Waals surface area contributed by atoms with Crippen molar-refractivity contribution in [2.24, 2.45) is 0 Å². The second-order valence-electron chi connectivity index (χ2n) is 7.14. The Hall–Kier alpha value is -3.15. The number of fused-ring (bicyclic) bond motifs is 1. The first-order chi connectivity index (χ1) is 13.3. The van der Waals surface area contributed by atoms with Gasteiger partial charge in [-0.15, -0.1) is 0 Å².